The van der Waals surface area contributed by atoms with Crippen LogP contribution in [0.3, 0.4) is 0 Å². The predicted octanol–water partition coefficient (Wildman–Crippen LogP) is 7.91. The van der Waals surface area contributed by atoms with Crippen molar-refractivity contribution in [1.29, 1.82) is 0 Å². The van der Waals surface area contributed by atoms with Gasteiger partial charge in [0.2, 0.25) is 5.91 Å². The number of rotatable bonds is 4. The highest BCUT2D eigenvalue weighted by atomic mass is 79.9. The zero-order valence-electron chi connectivity index (χ0n) is 18.6. The number of nitrogens with one attached hydrogen (secondary N) is 2. The third kappa shape index (κ3) is 4.47. The van der Waals surface area contributed by atoms with Crippen LogP contribution in [-0.4, -0.2) is 16.0 Å². The highest BCUT2D eigenvalue weighted by Gasteiger charge is 2.51. The van der Waals surface area contributed by atoms with E-state index in [1.807, 2.05) is 30.3 Å². The van der Waals surface area contributed by atoms with Gasteiger partial charge in [0.15, 0.2) is 5.11 Å². The Morgan fingerprint density at radius 2 is 1.76 bits per heavy atom. The first-order valence-electron chi connectivity index (χ1n) is 11.8. The van der Waals surface area contributed by atoms with Crippen LogP contribution in [0.2, 0.25) is 0 Å². The standard InChI is InChI=1S/C26H25Br2N3OS2/c27-17-8-18(24-29-20-3-1-2-4-21(20)34-24)23(19(28)9-17)31-25(33)30-22(32)13-26-10-14-5-15(11-26)7-16(6-14)12-26/h1-4,8-9,14-16H,5-7,10-13H2,(H2,30,31,32,33). The molecule has 3 aromatic rings. The number of nitrogens with zero attached hydrogens (tertiary/aromatic N) is 1. The van der Waals surface area contributed by atoms with Gasteiger partial charge in [-0.15, -0.1) is 11.3 Å². The first kappa shape index (κ1) is 23.1. The lowest BCUT2D eigenvalue weighted by Crippen LogP contribution is -2.48. The summed E-state index contributed by atoms with van der Waals surface area (Å²) in [5.41, 5.74) is 2.90. The zero-order valence-corrected chi connectivity index (χ0v) is 23.4. The average molecular weight is 619 g/mol. The molecule has 0 atom stereocenters. The lowest BCUT2D eigenvalue weighted by Gasteiger charge is -2.56. The number of aromatic nitrogens is 1. The molecule has 0 saturated heterocycles. The van der Waals surface area contributed by atoms with E-state index in [1.165, 1.54) is 38.5 Å². The molecule has 7 rings (SSSR count). The molecule has 1 heterocycles. The number of carbonyl (C=O) groups excluding carboxylic acids is 1. The average Bonchev–Trinajstić information content (AvgIpc) is 3.18. The summed E-state index contributed by atoms with van der Waals surface area (Å²) in [6.07, 6.45) is 8.38. The maximum Gasteiger partial charge on any atom is 0.226 e. The van der Waals surface area contributed by atoms with Gasteiger partial charge < -0.3 is 10.6 Å². The summed E-state index contributed by atoms with van der Waals surface area (Å²) in [4.78, 5) is 17.9. The molecule has 176 valence electrons. The van der Waals surface area contributed by atoms with E-state index in [9.17, 15) is 4.79 Å². The second-order valence-corrected chi connectivity index (χ2v) is 13.6. The van der Waals surface area contributed by atoms with Crippen LogP contribution in [0.25, 0.3) is 20.8 Å². The van der Waals surface area contributed by atoms with Crippen molar-refractivity contribution >= 4 is 82.3 Å². The summed E-state index contributed by atoms with van der Waals surface area (Å²) in [5.74, 6) is 2.53. The number of anilines is 1. The maximum absolute atomic E-state index is 13.1. The maximum atomic E-state index is 13.1. The number of carbonyl (C=O) groups is 1. The summed E-state index contributed by atoms with van der Waals surface area (Å²) < 4.78 is 2.93. The molecule has 2 aromatic carbocycles. The number of thiazole rings is 1. The topological polar surface area (TPSA) is 54.0 Å². The number of hydrogen-bond acceptors (Lipinski definition) is 4. The number of fused-ring (bicyclic) bond motifs is 1. The van der Waals surface area contributed by atoms with Gasteiger partial charge in [0.05, 0.1) is 15.9 Å². The molecule has 8 heteroatoms. The van der Waals surface area contributed by atoms with E-state index in [1.54, 1.807) is 11.3 Å². The molecule has 0 spiro atoms. The fourth-order valence-electron chi connectivity index (χ4n) is 7.02. The number of thiocarbonyl (C=S) groups is 1. The van der Waals surface area contributed by atoms with Gasteiger partial charge in [0.1, 0.15) is 5.01 Å². The van der Waals surface area contributed by atoms with E-state index < -0.39 is 0 Å². The minimum Gasteiger partial charge on any atom is -0.331 e. The minimum atomic E-state index is 0.0363. The fourth-order valence-corrected chi connectivity index (χ4v) is 9.55. The van der Waals surface area contributed by atoms with E-state index >= 15 is 0 Å². The number of amides is 1. The van der Waals surface area contributed by atoms with E-state index in [2.05, 4.69) is 48.6 Å². The van der Waals surface area contributed by atoms with Crippen LogP contribution in [0, 0.1) is 23.2 Å². The van der Waals surface area contributed by atoms with Crippen molar-refractivity contribution in [2.75, 3.05) is 5.32 Å². The van der Waals surface area contributed by atoms with E-state index in [-0.39, 0.29) is 11.3 Å². The van der Waals surface area contributed by atoms with Crippen LogP contribution in [0.1, 0.15) is 44.9 Å². The van der Waals surface area contributed by atoms with Crippen molar-refractivity contribution < 1.29 is 4.79 Å². The molecule has 2 N–H and O–H groups in total. The Morgan fingerprint density at radius 1 is 1.09 bits per heavy atom. The molecule has 0 aliphatic heterocycles. The minimum absolute atomic E-state index is 0.0363. The van der Waals surface area contributed by atoms with Crippen LogP contribution in [0.5, 0.6) is 0 Å². The van der Waals surface area contributed by atoms with E-state index in [0.29, 0.717) is 11.5 Å². The summed E-state index contributed by atoms with van der Waals surface area (Å²) in [7, 11) is 0. The summed E-state index contributed by atoms with van der Waals surface area (Å²) in [6, 6.07) is 12.1. The second-order valence-electron chi connectivity index (χ2n) is 10.4. The molecule has 0 unspecified atom stereocenters. The zero-order chi connectivity index (χ0) is 23.4. The van der Waals surface area contributed by atoms with Crippen LogP contribution in [0.15, 0.2) is 45.3 Å². The molecular weight excluding hydrogens is 594 g/mol. The van der Waals surface area contributed by atoms with E-state index in [4.69, 9.17) is 17.2 Å². The van der Waals surface area contributed by atoms with Crippen molar-refractivity contribution in [2.24, 2.45) is 23.2 Å². The quantitative estimate of drug-likeness (QED) is 0.292. The molecule has 1 aromatic heterocycles. The largest absolute Gasteiger partial charge is 0.331 e. The molecule has 34 heavy (non-hydrogen) atoms. The Bertz CT molecular complexity index is 1240. The smallest absolute Gasteiger partial charge is 0.226 e. The van der Waals surface area contributed by atoms with Crippen molar-refractivity contribution in [3.8, 4) is 10.6 Å². The van der Waals surface area contributed by atoms with Gasteiger partial charge in [-0.3, -0.25) is 4.79 Å². The van der Waals surface area contributed by atoms with Crippen LogP contribution >= 0.6 is 55.4 Å². The second kappa shape index (κ2) is 8.95. The van der Waals surface area contributed by atoms with Gasteiger partial charge in [-0.05, 0) is 114 Å². The third-order valence-corrected chi connectivity index (χ3v) is 10.1. The first-order valence-corrected chi connectivity index (χ1v) is 14.6. The molecule has 4 nitrogen and oxygen atoms in total. The monoisotopic (exact) mass is 617 g/mol. The highest BCUT2D eigenvalue weighted by molar-refractivity contribution is 9.11. The number of halogens is 2. The molecule has 4 saturated carbocycles. The lowest BCUT2D eigenvalue weighted by molar-refractivity contribution is -0.127. The Balaban J connectivity index is 1.19. The summed E-state index contributed by atoms with van der Waals surface area (Å²) in [5, 5.41) is 7.50. The Morgan fingerprint density at radius 3 is 2.44 bits per heavy atom. The molecule has 4 fully saturated rings. The number of benzene rings is 2. The first-order chi connectivity index (χ1) is 16.4. The summed E-state index contributed by atoms with van der Waals surface area (Å²) >= 11 is 14.5. The van der Waals surface area contributed by atoms with Gasteiger partial charge in [0.25, 0.3) is 0 Å². The number of para-hydroxylation sites is 1. The Labute approximate surface area is 225 Å². The van der Waals surface area contributed by atoms with Crippen LogP contribution in [-0.2, 0) is 4.79 Å². The molecule has 4 aliphatic rings. The van der Waals surface area contributed by atoms with Gasteiger partial charge >= 0.3 is 0 Å². The van der Waals surface area contributed by atoms with Crippen molar-refractivity contribution in [3.05, 3.63) is 45.3 Å². The lowest BCUT2D eigenvalue weighted by atomic mass is 9.49. The van der Waals surface area contributed by atoms with Crippen molar-refractivity contribution in [3.63, 3.8) is 0 Å². The van der Waals surface area contributed by atoms with Crippen molar-refractivity contribution in [2.45, 2.75) is 44.9 Å². The van der Waals surface area contributed by atoms with Crippen molar-refractivity contribution in [1.82, 2.24) is 10.3 Å². The predicted molar refractivity (Wildman–Crippen MR) is 150 cm³/mol. The molecule has 1 amide bonds. The Kier molecular flexibility index (Phi) is 6.07. The SMILES string of the molecule is O=C(CC12CC3CC(CC(C3)C1)C2)NC(=S)Nc1c(Br)cc(Br)cc1-c1nc2ccccc2s1. The van der Waals surface area contributed by atoms with Gasteiger partial charge in [0, 0.05) is 20.9 Å². The Hall–Kier alpha value is -1.35. The van der Waals surface area contributed by atoms with Gasteiger partial charge in [-0.25, -0.2) is 4.98 Å². The van der Waals surface area contributed by atoms with Gasteiger partial charge in [-0.2, -0.15) is 0 Å². The molecule has 4 bridgehead atoms. The molecule has 4 aliphatic carbocycles. The molecule has 0 radical (unpaired) electrons. The van der Waals surface area contributed by atoms with Crippen LogP contribution in [0.4, 0.5) is 5.69 Å². The third-order valence-electron chi connectivity index (χ3n) is 7.77. The number of hydrogen-bond donors (Lipinski definition) is 2. The summed E-state index contributed by atoms with van der Waals surface area (Å²) in [6.45, 7) is 0. The fraction of sp³-hybridized carbons (Fsp3) is 0.423. The highest BCUT2D eigenvalue weighted by Crippen LogP contribution is 2.61. The van der Waals surface area contributed by atoms with Gasteiger partial charge in [-0.1, -0.05) is 28.1 Å². The normalized spacial score (nSPS) is 27.2. The van der Waals surface area contributed by atoms with Crippen LogP contribution < -0.4 is 10.6 Å². The molecular formula is C26H25Br2N3OS2. The van der Waals surface area contributed by atoms with E-state index in [0.717, 1.165) is 53.2 Å².